The lowest BCUT2D eigenvalue weighted by Crippen LogP contribution is -2.55. The van der Waals surface area contributed by atoms with Crippen LogP contribution in [0.1, 0.15) is 25.8 Å². The Hall–Kier alpha value is -1.59. The summed E-state index contributed by atoms with van der Waals surface area (Å²) in [4.78, 5) is 14.5. The molecule has 1 aliphatic rings. The van der Waals surface area contributed by atoms with Gasteiger partial charge in [0.05, 0.1) is 25.4 Å². The predicted octanol–water partition coefficient (Wildman–Crippen LogP) is 2.28. The monoisotopic (exact) mass is 321 g/mol. The van der Waals surface area contributed by atoms with Crippen LogP contribution in [-0.2, 0) is 20.7 Å². The summed E-state index contributed by atoms with van der Waals surface area (Å²) in [6, 6.07) is 7.85. The molecule has 1 aliphatic heterocycles. The predicted molar refractivity (Wildman–Crippen MR) is 88.7 cm³/mol. The molecular formula is C18H27NO4. The van der Waals surface area contributed by atoms with Gasteiger partial charge in [-0.1, -0.05) is 12.1 Å². The molecule has 1 aromatic rings. The molecule has 1 atom stereocenters. The molecule has 1 unspecified atom stereocenters. The van der Waals surface area contributed by atoms with Crippen molar-refractivity contribution in [2.24, 2.45) is 0 Å². The van der Waals surface area contributed by atoms with Crippen molar-refractivity contribution >= 4 is 5.91 Å². The van der Waals surface area contributed by atoms with Gasteiger partial charge in [-0.25, -0.2) is 0 Å². The summed E-state index contributed by atoms with van der Waals surface area (Å²) in [5.74, 6) is 0.980. The van der Waals surface area contributed by atoms with E-state index in [0.717, 1.165) is 11.3 Å². The van der Waals surface area contributed by atoms with Crippen LogP contribution in [0, 0.1) is 0 Å². The molecule has 0 aliphatic carbocycles. The van der Waals surface area contributed by atoms with Gasteiger partial charge in [-0.15, -0.1) is 0 Å². The van der Waals surface area contributed by atoms with E-state index in [1.807, 2.05) is 43.0 Å². The van der Waals surface area contributed by atoms with Gasteiger partial charge in [0, 0.05) is 26.6 Å². The van der Waals surface area contributed by atoms with Crippen LogP contribution in [0.5, 0.6) is 5.75 Å². The molecule has 0 bridgehead atoms. The number of morpholine rings is 1. The lowest BCUT2D eigenvalue weighted by molar-refractivity contribution is -0.168. The average Bonchev–Trinajstić information content (AvgIpc) is 2.51. The summed E-state index contributed by atoms with van der Waals surface area (Å²) in [5.41, 5.74) is 0.770. The maximum absolute atomic E-state index is 12.6. The molecule has 0 N–H and O–H groups in total. The van der Waals surface area contributed by atoms with Crippen LogP contribution in [0.4, 0.5) is 0 Å². The maximum atomic E-state index is 12.6. The Kier molecular flexibility index (Phi) is 6.02. The zero-order valence-electron chi connectivity index (χ0n) is 14.5. The van der Waals surface area contributed by atoms with Crippen LogP contribution >= 0.6 is 0 Å². The third-order valence-electron chi connectivity index (χ3n) is 3.95. The Morgan fingerprint density at radius 2 is 2.17 bits per heavy atom. The van der Waals surface area contributed by atoms with Crippen LogP contribution in [-0.4, -0.2) is 56.4 Å². The quantitative estimate of drug-likeness (QED) is 0.806. The highest BCUT2D eigenvalue weighted by Gasteiger charge is 2.35. The van der Waals surface area contributed by atoms with Crippen molar-refractivity contribution in [3.05, 3.63) is 29.8 Å². The van der Waals surface area contributed by atoms with Crippen LogP contribution < -0.4 is 4.74 Å². The third kappa shape index (κ3) is 5.22. The molecule has 128 valence electrons. The van der Waals surface area contributed by atoms with E-state index in [2.05, 4.69) is 0 Å². The molecule has 1 fully saturated rings. The number of carbonyl (C=O) groups excluding carboxylic acids is 1. The first-order valence-corrected chi connectivity index (χ1v) is 8.01. The summed E-state index contributed by atoms with van der Waals surface area (Å²) >= 11 is 0. The van der Waals surface area contributed by atoms with Gasteiger partial charge in [0.15, 0.2) is 0 Å². The second-order valence-electron chi connectivity index (χ2n) is 6.58. The number of amides is 1. The Morgan fingerprint density at radius 3 is 2.87 bits per heavy atom. The fraction of sp³-hybridized carbons (Fsp3) is 0.611. The Balaban J connectivity index is 1.93. The zero-order valence-corrected chi connectivity index (χ0v) is 14.5. The minimum absolute atomic E-state index is 0.0653. The van der Waals surface area contributed by atoms with Crippen LogP contribution in [0.3, 0.4) is 0 Å². The third-order valence-corrected chi connectivity index (χ3v) is 3.95. The number of methoxy groups -OCH3 is 2. The van der Waals surface area contributed by atoms with E-state index in [-0.39, 0.29) is 17.6 Å². The second-order valence-corrected chi connectivity index (χ2v) is 6.58. The molecule has 0 saturated carbocycles. The van der Waals surface area contributed by atoms with Gasteiger partial charge in [0.2, 0.25) is 5.91 Å². The van der Waals surface area contributed by atoms with E-state index in [4.69, 9.17) is 14.2 Å². The van der Waals surface area contributed by atoms with Crippen molar-refractivity contribution in [3.63, 3.8) is 0 Å². The van der Waals surface area contributed by atoms with Gasteiger partial charge in [0.1, 0.15) is 5.75 Å². The van der Waals surface area contributed by atoms with Crippen LogP contribution in [0.15, 0.2) is 24.3 Å². The summed E-state index contributed by atoms with van der Waals surface area (Å²) in [6.07, 6.45) is 1.13. The molecule has 5 nitrogen and oxygen atoms in total. The lowest BCUT2D eigenvalue weighted by atomic mass is 10.0. The number of nitrogens with zero attached hydrogens (tertiary/aromatic N) is 1. The van der Waals surface area contributed by atoms with E-state index in [0.29, 0.717) is 32.5 Å². The SMILES string of the molecule is COCC1CN(C(=O)CCc2cccc(OC)c2)CC(C)(C)O1. The van der Waals surface area contributed by atoms with Crippen molar-refractivity contribution < 1.29 is 19.0 Å². The van der Waals surface area contributed by atoms with Gasteiger partial charge >= 0.3 is 0 Å². The highest BCUT2D eigenvalue weighted by Crippen LogP contribution is 2.22. The normalized spacial score (nSPS) is 20.3. The number of benzene rings is 1. The van der Waals surface area contributed by atoms with Gasteiger partial charge < -0.3 is 19.1 Å². The fourth-order valence-electron chi connectivity index (χ4n) is 3.00. The van der Waals surface area contributed by atoms with Crippen molar-refractivity contribution in [1.29, 1.82) is 0 Å². The molecular weight excluding hydrogens is 294 g/mol. The molecule has 0 radical (unpaired) electrons. The largest absolute Gasteiger partial charge is 0.497 e. The molecule has 2 rings (SSSR count). The molecule has 5 heteroatoms. The van der Waals surface area contributed by atoms with Gasteiger partial charge in [-0.3, -0.25) is 4.79 Å². The maximum Gasteiger partial charge on any atom is 0.223 e. The van der Waals surface area contributed by atoms with Crippen molar-refractivity contribution in [2.75, 3.05) is 33.9 Å². The highest BCUT2D eigenvalue weighted by molar-refractivity contribution is 5.76. The van der Waals surface area contributed by atoms with Crippen LogP contribution in [0.2, 0.25) is 0 Å². The number of aryl methyl sites for hydroxylation is 1. The highest BCUT2D eigenvalue weighted by atomic mass is 16.5. The smallest absolute Gasteiger partial charge is 0.223 e. The van der Waals surface area contributed by atoms with E-state index in [1.165, 1.54) is 0 Å². The minimum Gasteiger partial charge on any atom is -0.497 e. The number of ether oxygens (including phenoxy) is 3. The number of hydrogen-bond donors (Lipinski definition) is 0. The van der Waals surface area contributed by atoms with Crippen molar-refractivity contribution in [2.45, 2.75) is 38.4 Å². The second kappa shape index (κ2) is 7.79. The standard InChI is InChI=1S/C18H27NO4/c1-18(2)13-19(11-16(23-18)12-21-3)17(20)9-8-14-6-5-7-15(10-14)22-4/h5-7,10,16H,8-9,11-13H2,1-4H3. The molecule has 1 aromatic carbocycles. The molecule has 1 amide bonds. The van der Waals surface area contributed by atoms with E-state index >= 15 is 0 Å². The van der Waals surface area contributed by atoms with Crippen LogP contribution in [0.25, 0.3) is 0 Å². The Labute approximate surface area is 138 Å². The fourth-order valence-corrected chi connectivity index (χ4v) is 3.00. The molecule has 1 heterocycles. The van der Waals surface area contributed by atoms with E-state index in [1.54, 1.807) is 14.2 Å². The summed E-state index contributed by atoms with van der Waals surface area (Å²) in [7, 11) is 3.30. The van der Waals surface area contributed by atoms with E-state index in [9.17, 15) is 4.79 Å². The van der Waals surface area contributed by atoms with Gasteiger partial charge in [-0.05, 0) is 38.0 Å². The summed E-state index contributed by atoms with van der Waals surface area (Å²) in [6.45, 7) is 5.73. The minimum atomic E-state index is -0.340. The number of hydrogen-bond acceptors (Lipinski definition) is 4. The first-order chi connectivity index (χ1) is 10.9. The Bertz CT molecular complexity index is 530. The first-order valence-electron chi connectivity index (χ1n) is 8.01. The Morgan fingerprint density at radius 1 is 1.39 bits per heavy atom. The molecule has 1 saturated heterocycles. The van der Waals surface area contributed by atoms with E-state index < -0.39 is 0 Å². The average molecular weight is 321 g/mol. The molecule has 23 heavy (non-hydrogen) atoms. The zero-order chi connectivity index (χ0) is 16.9. The molecule has 0 spiro atoms. The first kappa shape index (κ1) is 17.8. The number of carbonyl (C=O) groups is 1. The van der Waals surface area contributed by atoms with Gasteiger partial charge in [0.25, 0.3) is 0 Å². The van der Waals surface area contributed by atoms with Crippen molar-refractivity contribution in [3.8, 4) is 5.75 Å². The van der Waals surface area contributed by atoms with Crippen molar-refractivity contribution in [1.82, 2.24) is 4.90 Å². The van der Waals surface area contributed by atoms with Gasteiger partial charge in [-0.2, -0.15) is 0 Å². The number of rotatable bonds is 6. The topological polar surface area (TPSA) is 48.0 Å². The summed E-state index contributed by atoms with van der Waals surface area (Å²) in [5, 5.41) is 0. The lowest BCUT2D eigenvalue weighted by Gasteiger charge is -2.42. The summed E-state index contributed by atoms with van der Waals surface area (Å²) < 4.78 is 16.4. The molecule has 0 aromatic heterocycles.